The third-order valence-corrected chi connectivity index (χ3v) is 12.6. The van der Waals surface area contributed by atoms with E-state index in [4.69, 9.17) is 16.3 Å². The fraction of sp³-hybridized carbons (Fsp3) is 0.417. The molecule has 3 aliphatic rings. The summed E-state index contributed by atoms with van der Waals surface area (Å²) >= 11 is 6.51. The highest BCUT2D eigenvalue weighted by Gasteiger charge is 2.67. The van der Waals surface area contributed by atoms with Crippen molar-refractivity contribution in [1.29, 1.82) is 0 Å². The molecule has 3 amide bonds. The third-order valence-electron chi connectivity index (χ3n) is 9.90. The molecule has 3 aromatic rings. The summed E-state index contributed by atoms with van der Waals surface area (Å²) in [6.45, 7) is 6.20. The molecule has 3 aromatic carbocycles. The van der Waals surface area contributed by atoms with E-state index in [0.29, 0.717) is 35.8 Å². The van der Waals surface area contributed by atoms with Gasteiger partial charge in [0.05, 0.1) is 31.4 Å². The van der Waals surface area contributed by atoms with Gasteiger partial charge in [-0.15, -0.1) is 0 Å². The van der Waals surface area contributed by atoms with Crippen LogP contribution in [-0.4, -0.2) is 61.9 Å². The van der Waals surface area contributed by atoms with E-state index in [1.807, 2.05) is 61.5 Å². The highest BCUT2D eigenvalue weighted by atomic mass is 35.5. The van der Waals surface area contributed by atoms with Crippen molar-refractivity contribution >= 4 is 49.1 Å². The minimum absolute atomic E-state index is 0.106. The van der Waals surface area contributed by atoms with Crippen LogP contribution in [0.15, 0.2) is 72.8 Å². The Bertz CT molecular complexity index is 1650. The van der Waals surface area contributed by atoms with Gasteiger partial charge in [-0.1, -0.05) is 61.0 Å². The largest absolute Gasteiger partial charge is 0.395 e. The lowest BCUT2D eigenvalue weighted by Crippen LogP contribution is -2.45. The zero-order valence-corrected chi connectivity index (χ0v) is 28.8. The number of rotatable bonds is 10. The average Bonchev–Trinajstić information content (AvgIpc) is 3.66. The van der Waals surface area contributed by atoms with Crippen molar-refractivity contribution in [2.45, 2.75) is 69.6 Å². The van der Waals surface area contributed by atoms with Crippen LogP contribution in [0.2, 0.25) is 23.7 Å². The van der Waals surface area contributed by atoms with E-state index in [9.17, 15) is 19.5 Å². The Hall–Kier alpha value is -3.57. The minimum Gasteiger partial charge on any atom is -0.395 e. The molecule has 1 N–H and O–H groups in total. The Morgan fingerprint density at radius 1 is 1.09 bits per heavy atom. The number of amides is 3. The van der Waals surface area contributed by atoms with Gasteiger partial charge in [-0.05, 0) is 61.0 Å². The lowest BCUT2D eigenvalue weighted by atomic mass is 9.82. The minimum atomic E-state index is -3.50. The highest BCUT2D eigenvalue weighted by molar-refractivity contribution is 6.72. The van der Waals surface area contributed by atoms with Crippen LogP contribution in [0.5, 0.6) is 0 Å². The summed E-state index contributed by atoms with van der Waals surface area (Å²) in [7, 11) is -3.50. The summed E-state index contributed by atoms with van der Waals surface area (Å²) in [6, 6.07) is 22.4. The number of ether oxygens (including phenoxy) is 1. The Morgan fingerprint density at radius 3 is 2.45 bits per heavy atom. The van der Waals surface area contributed by atoms with Crippen molar-refractivity contribution in [3.63, 3.8) is 0 Å². The van der Waals surface area contributed by atoms with Crippen molar-refractivity contribution in [3.05, 3.63) is 94.5 Å². The molecule has 6 rings (SSSR count). The molecule has 47 heavy (non-hydrogen) atoms. The number of halogens is 2. The summed E-state index contributed by atoms with van der Waals surface area (Å²) in [5.74, 6) is -1.05. The number of hydrogen-bond donors (Lipinski definition) is 1. The van der Waals surface area contributed by atoms with E-state index in [2.05, 4.69) is 0 Å². The summed E-state index contributed by atoms with van der Waals surface area (Å²) in [5.41, 5.74) is 1.64. The van der Waals surface area contributed by atoms with E-state index in [1.54, 1.807) is 46.0 Å². The van der Waals surface area contributed by atoms with Crippen LogP contribution >= 0.6 is 11.6 Å². The topological polar surface area (TPSA) is 90.4 Å². The molecule has 2 fully saturated rings. The zero-order valence-electron chi connectivity index (χ0n) is 27.0. The van der Waals surface area contributed by atoms with Crippen molar-refractivity contribution in [1.82, 2.24) is 4.90 Å². The second kappa shape index (κ2) is 13.1. The first-order chi connectivity index (χ1) is 22.4. The molecule has 11 heteroatoms. The molecule has 2 saturated heterocycles. The lowest BCUT2D eigenvalue weighted by Gasteiger charge is -2.31. The molecule has 0 radical (unpaired) electrons. The standard InChI is InChI=1S/C36H41ClFN3O5Si/c1-24-34(47(2,3)38)31(21-33(44)39(18-19-42)22-25-8-5-4-6-9-25)46-36(24)29-20-27(37)13-16-30(29)41(35(36)45)23-26-11-14-28(15-12-26)40-17-7-10-32(40)43/h4-6,8-9,11-16,20,24,31,34,42H,7,10,17-19,21-23H2,1-3H3/t24-,31+,34-,36+/m1/s1. The number of carbonyl (C=O) groups is 3. The molecule has 8 nitrogen and oxygen atoms in total. The van der Waals surface area contributed by atoms with Gasteiger partial charge in [0.25, 0.3) is 5.91 Å². The molecule has 248 valence electrons. The Labute approximate surface area is 281 Å². The third kappa shape index (κ3) is 6.24. The summed E-state index contributed by atoms with van der Waals surface area (Å²) in [5, 5.41) is 10.2. The van der Waals surface area contributed by atoms with Gasteiger partial charge in [0.1, 0.15) is 0 Å². The van der Waals surface area contributed by atoms with Gasteiger partial charge in [-0.3, -0.25) is 14.4 Å². The highest BCUT2D eigenvalue weighted by Crippen LogP contribution is 2.60. The van der Waals surface area contributed by atoms with E-state index < -0.39 is 31.6 Å². The van der Waals surface area contributed by atoms with E-state index in [-0.39, 0.29) is 43.8 Å². The van der Waals surface area contributed by atoms with Crippen LogP contribution in [0.1, 0.15) is 42.9 Å². The van der Waals surface area contributed by atoms with Crippen LogP contribution in [0, 0.1) is 5.92 Å². The Balaban J connectivity index is 1.31. The summed E-state index contributed by atoms with van der Waals surface area (Å²) < 4.78 is 23.1. The van der Waals surface area contributed by atoms with Gasteiger partial charge in [0, 0.05) is 53.8 Å². The predicted molar refractivity (Wildman–Crippen MR) is 182 cm³/mol. The van der Waals surface area contributed by atoms with E-state index >= 15 is 4.11 Å². The smallest absolute Gasteiger partial charge is 0.264 e. The second-order valence-corrected chi connectivity index (χ2v) is 17.6. The van der Waals surface area contributed by atoms with Crippen molar-refractivity contribution in [2.75, 3.05) is 29.5 Å². The van der Waals surface area contributed by atoms with Gasteiger partial charge >= 0.3 is 0 Å². The SMILES string of the molecule is C[C@@H]1[C@@H]([Si](C)(C)F)[C@H](CC(=O)N(CCO)Cc2ccccc2)O[C@@]12C(=O)N(Cc1ccc(N3CCCC3=O)cc1)c1ccc(Cl)cc12. The van der Waals surface area contributed by atoms with Crippen LogP contribution in [0.3, 0.4) is 0 Å². The molecule has 0 aliphatic carbocycles. The predicted octanol–water partition coefficient (Wildman–Crippen LogP) is 6.20. The average molecular weight is 678 g/mol. The van der Waals surface area contributed by atoms with E-state index in [0.717, 1.165) is 23.2 Å². The maximum atomic E-state index is 16.3. The van der Waals surface area contributed by atoms with Gasteiger partial charge < -0.3 is 28.7 Å². The first-order valence-corrected chi connectivity index (χ1v) is 19.6. The van der Waals surface area contributed by atoms with Gasteiger partial charge in [-0.2, -0.15) is 0 Å². The van der Waals surface area contributed by atoms with Gasteiger partial charge in [-0.25, -0.2) is 0 Å². The molecule has 1 spiro atoms. The number of anilines is 2. The molecule has 3 heterocycles. The molecule has 3 aliphatic heterocycles. The number of benzene rings is 3. The fourth-order valence-corrected chi connectivity index (χ4v) is 10.4. The van der Waals surface area contributed by atoms with Crippen LogP contribution in [0.4, 0.5) is 15.5 Å². The van der Waals surface area contributed by atoms with Crippen molar-refractivity contribution in [3.8, 4) is 0 Å². The summed E-state index contributed by atoms with van der Waals surface area (Å²) in [6.07, 6.45) is 0.404. The fourth-order valence-electron chi connectivity index (χ4n) is 7.78. The number of hydrogen-bond acceptors (Lipinski definition) is 5. The molecule has 0 aromatic heterocycles. The van der Waals surface area contributed by atoms with Gasteiger partial charge in [0.2, 0.25) is 20.2 Å². The maximum Gasteiger partial charge on any atom is 0.264 e. The number of carbonyl (C=O) groups excluding carboxylic acids is 3. The van der Waals surface area contributed by atoms with Crippen LogP contribution in [0.25, 0.3) is 0 Å². The van der Waals surface area contributed by atoms with Crippen molar-refractivity contribution < 1.29 is 28.3 Å². The molecular formula is C36H41ClFN3O5Si. The summed E-state index contributed by atoms with van der Waals surface area (Å²) in [4.78, 5) is 45.7. The Morgan fingerprint density at radius 2 is 1.81 bits per heavy atom. The Kier molecular flexibility index (Phi) is 9.32. The molecule has 0 unspecified atom stereocenters. The van der Waals surface area contributed by atoms with Crippen LogP contribution in [-0.2, 0) is 37.8 Å². The number of fused-ring (bicyclic) bond motifs is 2. The number of aliphatic hydroxyl groups excluding tert-OH is 1. The van der Waals surface area contributed by atoms with Crippen LogP contribution < -0.4 is 9.80 Å². The quantitative estimate of drug-likeness (QED) is 0.204. The first-order valence-electron chi connectivity index (χ1n) is 16.2. The number of aliphatic hydroxyl groups is 1. The maximum absolute atomic E-state index is 16.3. The first kappa shape index (κ1) is 33.3. The second-order valence-electron chi connectivity index (χ2n) is 13.4. The molecular weight excluding hydrogens is 637 g/mol. The van der Waals surface area contributed by atoms with E-state index in [1.165, 1.54) is 0 Å². The van der Waals surface area contributed by atoms with Crippen molar-refractivity contribution in [2.24, 2.45) is 5.92 Å². The lowest BCUT2D eigenvalue weighted by molar-refractivity contribution is -0.150. The molecule has 0 saturated carbocycles. The zero-order chi connectivity index (χ0) is 33.5. The monoisotopic (exact) mass is 677 g/mol. The molecule has 4 atom stereocenters. The normalized spacial score (nSPS) is 24.0. The van der Waals surface area contributed by atoms with Gasteiger partial charge in [0.15, 0.2) is 5.60 Å². The number of nitrogens with zero attached hydrogens (tertiary/aromatic N) is 3. The molecule has 0 bridgehead atoms.